The van der Waals surface area contributed by atoms with Crippen LogP contribution in [0.3, 0.4) is 0 Å². The third-order valence-corrected chi connectivity index (χ3v) is 2.51. The predicted octanol–water partition coefficient (Wildman–Crippen LogP) is 2.39. The van der Waals surface area contributed by atoms with Crippen LogP contribution in [0.5, 0.6) is 5.75 Å². The number of hydrogen-bond acceptors (Lipinski definition) is 3. The molecule has 1 aliphatic heterocycles. The fraction of sp³-hybridized carbons (Fsp3) is 0.455. The summed E-state index contributed by atoms with van der Waals surface area (Å²) < 4.78 is 58.0. The van der Waals surface area contributed by atoms with Crippen molar-refractivity contribution in [1.29, 1.82) is 0 Å². The SMILES string of the molecule is Fc1cc([C@@H]2COCCN2)ccc1OC(F)(F)F. The van der Waals surface area contributed by atoms with Gasteiger partial charge in [-0.05, 0) is 17.7 Å². The van der Waals surface area contributed by atoms with Crippen molar-refractivity contribution in [3.8, 4) is 5.75 Å². The first-order valence-corrected chi connectivity index (χ1v) is 5.32. The van der Waals surface area contributed by atoms with Gasteiger partial charge in [0.2, 0.25) is 0 Å². The molecular weight excluding hydrogens is 254 g/mol. The summed E-state index contributed by atoms with van der Waals surface area (Å²) in [6.07, 6.45) is -4.89. The Morgan fingerprint density at radius 1 is 1.33 bits per heavy atom. The van der Waals surface area contributed by atoms with Gasteiger partial charge in [-0.15, -0.1) is 13.2 Å². The quantitative estimate of drug-likeness (QED) is 0.833. The lowest BCUT2D eigenvalue weighted by Gasteiger charge is -2.24. The molecule has 1 heterocycles. The summed E-state index contributed by atoms with van der Waals surface area (Å²) in [5.74, 6) is -1.87. The summed E-state index contributed by atoms with van der Waals surface area (Å²) >= 11 is 0. The van der Waals surface area contributed by atoms with Crippen molar-refractivity contribution in [2.24, 2.45) is 0 Å². The lowest BCUT2D eigenvalue weighted by atomic mass is 10.1. The zero-order valence-corrected chi connectivity index (χ0v) is 9.26. The van der Waals surface area contributed by atoms with Gasteiger partial charge in [0.05, 0.1) is 19.3 Å². The standard InChI is InChI=1S/C11H11F4NO2/c12-8-5-7(9-6-17-4-3-16-9)1-2-10(8)18-11(13,14)15/h1-2,5,9,16H,3-4,6H2/t9-/m0/s1. The second-order valence-electron chi connectivity index (χ2n) is 3.82. The van der Waals surface area contributed by atoms with Gasteiger partial charge >= 0.3 is 6.36 Å². The minimum absolute atomic E-state index is 0.215. The van der Waals surface area contributed by atoms with E-state index < -0.39 is 17.9 Å². The topological polar surface area (TPSA) is 30.5 Å². The third-order valence-electron chi connectivity index (χ3n) is 2.51. The van der Waals surface area contributed by atoms with Crippen LogP contribution in [0.15, 0.2) is 18.2 Å². The van der Waals surface area contributed by atoms with E-state index in [4.69, 9.17) is 4.74 Å². The summed E-state index contributed by atoms with van der Waals surface area (Å²) in [7, 11) is 0. The van der Waals surface area contributed by atoms with Gasteiger partial charge in [-0.1, -0.05) is 6.07 Å². The number of hydrogen-bond donors (Lipinski definition) is 1. The number of halogens is 4. The zero-order valence-electron chi connectivity index (χ0n) is 9.26. The lowest BCUT2D eigenvalue weighted by Crippen LogP contribution is -2.34. The van der Waals surface area contributed by atoms with Crippen LogP contribution in [0.4, 0.5) is 17.6 Å². The fourth-order valence-electron chi connectivity index (χ4n) is 1.72. The Morgan fingerprint density at radius 2 is 2.11 bits per heavy atom. The largest absolute Gasteiger partial charge is 0.573 e. The molecule has 1 fully saturated rings. The Balaban J connectivity index is 2.13. The molecule has 7 heteroatoms. The number of benzene rings is 1. The Morgan fingerprint density at radius 3 is 2.67 bits per heavy atom. The summed E-state index contributed by atoms with van der Waals surface area (Å²) in [5.41, 5.74) is 0.529. The Labute approximate surface area is 101 Å². The first-order valence-electron chi connectivity index (χ1n) is 5.32. The van der Waals surface area contributed by atoms with E-state index in [1.165, 1.54) is 6.07 Å². The number of nitrogens with one attached hydrogen (secondary N) is 1. The van der Waals surface area contributed by atoms with Crippen LogP contribution in [0.1, 0.15) is 11.6 Å². The number of rotatable bonds is 2. The summed E-state index contributed by atoms with van der Waals surface area (Å²) in [4.78, 5) is 0. The van der Waals surface area contributed by atoms with Crippen molar-refractivity contribution < 1.29 is 27.0 Å². The molecule has 0 unspecified atom stereocenters. The number of ether oxygens (including phenoxy) is 2. The minimum atomic E-state index is -4.89. The van der Waals surface area contributed by atoms with E-state index in [0.717, 1.165) is 12.1 Å². The van der Waals surface area contributed by atoms with Gasteiger partial charge in [-0.2, -0.15) is 0 Å². The van der Waals surface area contributed by atoms with Gasteiger partial charge in [0, 0.05) is 6.54 Å². The van der Waals surface area contributed by atoms with Crippen molar-refractivity contribution in [1.82, 2.24) is 5.32 Å². The monoisotopic (exact) mass is 265 g/mol. The first-order chi connectivity index (χ1) is 8.46. The summed E-state index contributed by atoms with van der Waals surface area (Å²) in [6, 6.07) is 3.16. The predicted molar refractivity (Wildman–Crippen MR) is 54.6 cm³/mol. The smallest absolute Gasteiger partial charge is 0.403 e. The molecule has 1 aliphatic rings. The number of alkyl halides is 3. The van der Waals surface area contributed by atoms with E-state index in [9.17, 15) is 17.6 Å². The fourth-order valence-corrected chi connectivity index (χ4v) is 1.72. The van der Waals surface area contributed by atoms with Crippen LogP contribution < -0.4 is 10.1 Å². The Hall–Kier alpha value is -1.34. The molecule has 18 heavy (non-hydrogen) atoms. The molecule has 1 saturated heterocycles. The van der Waals surface area contributed by atoms with Crippen LogP contribution in [0.2, 0.25) is 0 Å². The average Bonchev–Trinajstić information content (AvgIpc) is 2.31. The van der Waals surface area contributed by atoms with Gasteiger partial charge in [-0.3, -0.25) is 0 Å². The maximum Gasteiger partial charge on any atom is 0.573 e. The van der Waals surface area contributed by atoms with Crippen LogP contribution in [0, 0.1) is 5.82 Å². The van der Waals surface area contributed by atoms with E-state index in [1.54, 1.807) is 0 Å². The number of morpholine rings is 1. The van der Waals surface area contributed by atoms with Gasteiger partial charge in [0.15, 0.2) is 11.6 Å². The molecule has 0 radical (unpaired) electrons. The molecule has 2 rings (SSSR count). The maximum absolute atomic E-state index is 13.4. The van der Waals surface area contributed by atoms with E-state index in [-0.39, 0.29) is 6.04 Å². The van der Waals surface area contributed by atoms with Gasteiger partial charge in [0.25, 0.3) is 0 Å². The molecule has 3 nitrogen and oxygen atoms in total. The maximum atomic E-state index is 13.4. The molecule has 1 aromatic rings. The van der Waals surface area contributed by atoms with Crippen LogP contribution in [-0.2, 0) is 4.74 Å². The van der Waals surface area contributed by atoms with Crippen molar-refractivity contribution in [3.63, 3.8) is 0 Å². The Bertz CT molecular complexity index is 416. The molecule has 1 aromatic carbocycles. The lowest BCUT2D eigenvalue weighted by molar-refractivity contribution is -0.275. The van der Waals surface area contributed by atoms with Crippen molar-refractivity contribution >= 4 is 0 Å². The molecule has 100 valence electrons. The van der Waals surface area contributed by atoms with Gasteiger partial charge in [-0.25, -0.2) is 4.39 Å². The molecule has 0 bridgehead atoms. The highest BCUT2D eigenvalue weighted by atomic mass is 19.4. The first kappa shape index (κ1) is 13.1. The van der Waals surface area contributed by atoms with Crippen molar-refractivity contribution in [2.75, 3.05) is 19.8 Å². The molecular formula is C11H11F4NO2. The Kier molecular flexibility index (Phi) is 3.72. The van der Waals surface area contributed by atoms with Crippen molar-refractivity contribution in [2.45, 2.75) is 12.4 Å². The van der Waals surface area contributed by atoms with Gasteiger partial charge < -0.3 is 14.8 Å². The highest BCUT2D eigenvalue weighted by molar-refractivity contribution is 5.31. The van der Waals surface area contributed by atoms with E-state index in [2.05, 4.69) is 10.1 Å². The highest BCUT2D eigenvalue weighted by Gasteiger charge is 2.32. The summed E-state index contributed by atoms with van der Waals surface area (Å²) in [6.45, 7) is 1.54. The molecule has 0 amide bonds. The van der Waals surface area contributed by atoms with E-state index in [1.807, 2.05) is 0 Å². The van der Waals surface area contributed by atoms with Crippen molar-refractivity contribution in [3.05, 3.63) is 29.6 Å². The average molecular weight is 265 g/mol. The molecule has 0 saturated carbocycles. The van der Waals surface area contributed by atoms with E-state index in [0.29, 0.717) is 25.3 Å². The minimum Gasteiger partial charge on any atom is -0.403 e. The van der Waals surface area contributed by atoms with Crippen LogP contribution in [0.25, 0.3) is 0 Å². The summed E-state index contributed by atoms with van der Waals surface area (Å²) in [5, 5.41) is 3.08. The second kappa shape index (κ2) is 5.11. The second-order valence-corrected chi connectivity index (χ2v) is 3.82. The molecule has 1 N–H and O–H groups in total. The molecule has 1 atom stereocenters. The van der Waals surface area contributed by atoms with Crippen LogP contribution in [-0.4, -0.2) is 26.1 Å². The molecule has 0 aliphatic carbocycles. The van der Waals surface area contributed by atoms with Crippen LogP contribution >= 0.6 is 0 Å². The molecule has 0 aromatic heterocycles. The normalized spacial score (nSPS) is 20.8. The molecule has 0 spiro atoms. The zero-order chi connectivity index (χ0) is 13.2. The third kappa shape index (κ3) is 3.33. The van der Waals surface area contributed by atoms with Gasteiger partial charge in [0.1, 0.15) is 0 Å². The van der Waals surface area contributed by atoms with E-state index >= 15 is 0 Å². The highest BCUT2D eigenvalue weighted by Crippen LogP contribution is 2.28.